The van der Waals surface area contributed by atoms with Gasteiger partial charge in [0, 0.05) is 12.7 Å². The molecule has 3 amide bonds. The molecule has 4 rings (SSSR count). The van der Waals surface area contributed by atoms with Crippen LogP contribution < -0.4 is 15.4 Å². The van der Waals surface area contributed by atoms with Gasteiger partial charge in [0.05, 0.1) is 29.8 Å². The number of carbonyl (C=O) groups excluding carboxylic acids is 2. The highest BCUT2D eigenvalue weighted by Crippen LogP contribution is 2.32. The number of carboxylic acids is 1. The minimum absolute atomic E-state index is 0.0323. The molecule has 2 heterocycles. The normalized spacial score (nSPS) is 22.2. The molecule has 1 saturated heterocycles. The summed E-state index contributed by atoms with van der Waals surface area (Å²) in [7, 11) is 1.67. The second-order valence-corrected chi connectivity index (χ2v) is 8.04. The maximum Gasteiger partial charge on any atom is 0.323 e. The summed E-state index contributed by atoms with van der Waals surface area (Å²) in [4.78, 5) is 38.1. The average Bonchev–Trinajstić information content (AvgIpc) is 2.78. The van der Waals surface area contributed by atoms with Gasteiger partial charge in [0.1, 0.15) is 24.3 Å². The van der Waals surface area contributed by atoms with E-state index in [1.54, 1.807) is 30.1 Å². The van der Waals surface area contributed by atoms with Crippen LogP contribution in [0.15, 0.2) is 42.5 Å². The first-order chi connectivity index (χ1) is 15.8. The first-order valence-corrected chi connectivity index (χ1v) is 10.6. The van der Waals surface area contributed by atoms with Crippen molar-refractivity contribution in [1.29, 1.82) is 0 Å². The van der Waals surface area contributed by atoms with Crippen molar-refractivity contribution in [3.8, 4) is 5.75 Å². The molecule has 33 heavy (non-hydrogen) atoms. The SMILES string of the molecule is CN1C(=O)c2cc(NC(=O)Nc3ccccc3F)ccc2OC[C@H]2O[C@@H](CC(=O)O)CC[C@@H]21. The molecule has 3 N–H and O–H groups in total. The Kier molecular flexibility index (Phi) is 6.45. The highest BCUT2D eigenvalue weighted by Gasteiger charge is 2.39. The Bertz CT molecular complexity index is 1080. The van der Waals surface area contributed by atoms with Gasteiger partial charge in [0.25, 0.3) is 5.91 Å². The highest BCUT2D eigenvalue weighted by molar-refractivity contribution is 6.02. The summed E-state index contributed by atoms with van der Waals surface area (Å²) in [5.41, 5.74) is 0.642. The molecule has 2 aliphatic rings. The van der Waals surface area contributed by atoms with Gasteiger partial charge in [-0.3, -0.25) is 9.59 Å². The fourth-order valence-corrected chi connectivity index (χ4v) is 4.15. The molecule has 2 aromatic rings. The van der Waals surface area contributed by atoms with Gasteiger partial charge < -0.3 is 30.1 Å². The smallest absolute Gasteiger partial charge is 0.323 e. The van der Waals surface area contributed by atoms with E-state index >= 15 is 0 Å². The van der Waals surface area contributed by atoms with Gasteiger partial charge in [-0.05, 0) is 43.2 Å². The number of hydrogen-bond donors (Lipinski definition) is 3. The zero-order valence-electron chi connectivity index (χ0n) is 17.9. The topological polar surface area (TPSA) is 117 Å². The third-order valence-corrected chi connectivity index (χ3v) is 5.79. The van der Waals surface area contributed by atoms with Crippen LogP contribution in [0.3, 0.4) is 0 Å². The first kappa shape index (κ1) is 22.5. The van der Waals surface area contributed by atoms with Crippen LogP contribution in [0.1, 0.15) is 29.6 Å². The van der Waals surface area contributed by atoms with Crippen molar-refractivity contribution in [2.75, 3.05) is 24.3 Å². The first-order valence-electron chi connectivity index (χ1n) is 10.6. The number of amides is 3. The largest absolute Gasteiger partial charge is 0.490 e. The summed E-state index contributed by atoms with van der Waals surface area (Å²) in [5, 5.41) is 14.1. The fourth-order valence-electron chi connectivity index (χ4n) is 4.15. The van der Waals surface area contributed by atoms with E-state index in [0.29, 0.717) is 24.3 Å². The maximum absolute atomic E-state index is 13.8. The number of carboxylic acid groups (broad SMARTS) is 1. The summed E-state index contributed by atoms with van der Waals surface area (Å²) in [5.74, 6) is -1.47. The number of rotatable bonds is 4. The Morgan fingerprint density at radius 2 is 1.97 bits per heavy atom. The lowest BCUT2D eigenvalue weighted by molar-refractivity contribution is -0.148. The quantitative estimate of drug-likeness (QED) is 0.649. The van der Waals surface area contributed by atoms with Crippen LogP contribution in [0.2, 0.25) is 0 Å². The average molecular weight is 457 g/mol. The number of para-hydroxylation sites is 1. The molecular weight excluding hydrogens is 433 g/mol. The van der Waals surface area contributed by atoms with Gasteiger partial charge in [0.15, 0.2) is 0 Å². The number of nitrogens with zero attached hydrogens (tertiary/aromatic N) is 1. The van der Waals surface area contributed by atoms with Crippen molar-refractivity contribution < 1.29 is 33.4 Å². The molecule has 2 aromatic carbocycles. The molecule has 0 unspecified atom stereocenters. The highest BCUT2D eigenvalue weighted by atomic mass is 19.1. The van der Waals surface area contributed by atoms with E-state index in [0.717, 1.165) is 0 Å². The summed E-state index contributed by atoms with van der Waals surface area (Å²) in [6.07, 6.45) is 0.146. The second kappa shape index (κ2) is 9.45. The van der Waals surface area contributed by atoms with Gasteiger partial charge in [-0.25, -0.2) is 9.18 Å². The van der Waals surface area contributed by atoms with E-state index in [1.165, 1.54) is 24.3 Å². The molecule has 0 spiro atoms. The lowest BCUT2D eigenvalue weighted by Gasteiger charge is -2.42. The fraction of sp³-hybridized carbons (Fsp3) is 0.348. The molecule has 2 aliphatic heterocycles. The number of benzene rings is 2. The van der Waals surface area contributed by atoms with Crippen LogP contribution in [-0.2, 0) is 9.53 Å². The van der Waals surface area contributed by atoms with E-state index in [-0.39, 0.29) is 36.2 Å². The van der Waals surface area contributed by atoms with E-state index in [1.807, 2.05) is 0 Å². The molecule has 3 atom stereocenters. The van der Waals surface area contributed by atoms with Crippen LogP contribution in [0.5, 0.6) is 5.75 Å². The molecule has 0 aromatic heterocycles. The summed E-state index contributed by atoms with van der Waals surface area (Å²) < 4.78 is 25.5. The Labute approximate surface area is 189 Å². The number of aliphatic carboxylic acids is 1. The van der Waals surface area contributed by atoms with Crippen LogP contribution in [0, 0.1) is 5.82 Å². The lowest BCUT2D eigenvalue weighted by Crippen LogP contribution is -2.53. The standard InChI is InChI=1S/C23H24FN3O6/c1-27-18-8-7-14(11-21(28)29)33-20(18)12-32-19-9-6-13(10-15(19)22(27)30)25-23(31)26-17-5-3-2-4-16(17)24/h2-6,9-10,14,18,20H,7-8,11-12H2,1H3,(H,28,29)(H2,25,26,31)/t14-,18+,20-/m1/s1. The molecular formula is C23H24FN3O6. The number of ether oxygens (including phenoxy) is 2. The Morgan fingerprint density at radius 1 is 1.18 bits per heavy atom. The van der Waals surface area contributed by atoms with Crippen molar-refractivity contribution in [2.45, 2.75) is 37.5 Å². The van der Waals surface area contributed by atoms with Crippen molar-refractivity contribution in [3.63, 3.8) is 0 Å². The van der Waals surface area contributed by atoms with Crippen LogP contribution in [0.25, 0.3) is 0 Å². The van der Waals surface area contributed by atoms with Crippen molar-refractivity contribution >= 4 is 29.3 Å². The summed E-state index contributed by atoms with van der Waals surface area (Å²) >= 11 is 0. The molecule has 0 aliphatic carbocycles. The van der Waals surface area contributed by atoms with Crippen molar-refractivity contribution in [2.24, 2.45) is 0 Å². The second-order valence-electron chi connectivity index (χ2n) is 8.04. The van der Waals surface area contributed by atoms with Gasteiger partial charge in [0.2, 0.25) is 0 Å². The molecule has 1 fully saturated rings. The predicted octanol–water partition coefficient (Wildman–Crippen LogP) is 3.33. The molecule has 0 bridgehead atoms. The van der Waals surface area contributed by atoms with Gasteiger partial charge in [-0.15, -0.1) is 0 Å². The summed E-state index contributed by atoms with van der Waals surface area (Å²) in [6, 6.07) is 9.51. The minimum atomic E-state index is -0.931. The number of halogens is 1. The summed E-state index contributed by atoms with van der Waals surface area (Å²) in [6.45, 7) is 0.159. The Morgan fingerprint density at radius 3 is 2.73 bits per heavy atom. The zero-order chi connectivity index (χ0) is 23.5. The van der Waals surface area contributed by atoms with E-state index < -0.39 is 30.0 Å². The number of urea groups is 1. The number of anilines is 2. The van der Waals surface area contributed by atoms with E-state index in [2.05, 4.69) is 10.6 Å². The lowest BCUT2D eigenvalue weighted by atomic mass is 9.94. The number of likely N-dealkylation sites (N-methyl/N-ethyl adjacent to an activating group) is 1. The zero-order valence-corrected chi connectivity index (χ0v) is 17.9. The Hall–Kier alpha value is -3.66. The maximum atomic E-state index is 13.8. The number of hydrogen-bond acceptors (Lipinski definition) is 5. The van der Waals surface area contributed by atoms with E-state index in [4.69, 9.17) is 14.6 Å². The molecule has 174 valence electrons. The molecule has 9 nitrogen and oxygen atoms in total. The van der Waals surface area contributed by atoms with Gasteiger partial charge >= 0.3 is 12.0 Å². The number of carbonyl (C=O) groups is 3. The van der Waals surface area contributed by atoms with Crippen LogP contribution >= 0.6 is 0 Å². The van der Waals surface area contributed by atoms with Crippen LogP contribution in [0.4, 0.5) is 20.6 Å². The minimum Gasteiger partial charge on any atom is -0.490 e. The van der Waals surface area contributed by atoms with Gasteiger partial charge in [-0.1, -0.05) is 12.1 Å². The van der Waals surface area contributed by atoms with E-state index in [9.17, 15) is 18.8 Å². The number of nitrogens with one attached hydrogen (secondary N) is 2. The molecule has 0 radical (unpaired) electrons. The Balaban J connectivity index is 1.49. The predicted molar refractivity (Wildman–Crippen MR) is 117 cm³/mol. The molecule has 0 saturated carbocycles. The molecule has 10 heteroatoms. The van der Waals surface area contributed by atoms with Crippen molar-refractivity contribution in [3.05, 3.63) is 53.8 Å². The van der Waals surface area contributed by atoms with Crippen molar-refractivity contribution in [1.82, 2.24) is 4.90 Å². The monoisotopic (exact) mass is 457 g/mol. The van der Waals surface area contributed by atoms with Crippen LogP contribution in [-0.4, -0.2) is 59.8 Å². The number of fused-ring (bicyclic) bond motifs is 2. The third kappa shape index (κ3) is 5.06. The van der Waals surface area contributed by atoms with Gasteiger partial charge in [-0.2, -0.15) is 0 Å². The third-order valence-electron chi connectivity index (χ3n) is 5.79.